The van der Waals surface area contributed by atoms with E-state index in [1.54, 1.807) is 11.1 Å². The Morgan fingerprint density at radius 3 is 3.02 bits per heavy atom. The number of carbonyl (C=O) groups is 1. The van der Waals surface area contributed by atoms with Crippen LogP contribution < -0.4 is 9.64 Å². The van der Waals surface area contributed by atoms with Gasteiger partial charge in [0, 0.05) is 40.8 Å². The van der Waals surface area contributed by atoms with E-state index in [-0.39, 0.29) is 61.3 Å². The number of nitrogens with zero attached hydrogens (tertiary/aromatic N) is 6. The first-order valence-corrected chi connectivity index (χ1v) is 16.0. The number of hydrogen-bond donors (Lipinski definition) is 1. The largest absolute Gasteiger partial charge is 0.508 e. The summed E-state index contributed by atoms with van der Waals surface area (Å²) in [6.45, 7) is -0.515. The summed E-state index contributed by atoms with van der Waals surface area (Å²) in [5.74, 6) is -0.599. The monoisotopic (exact) mass is 652 g/mol. The lowest BCUT2D eigenvalue weighted by Gasteiger charge is -2.33. The lowest BCUT2D eigenvalue weighted by atomic mass is 9.92. The molecule has 6 bridgehead atoms. The molecule has 3 saturated heterocycles. The lowest BCUT2D eigenvalue weighted by Crippen LogP contribution is -2.46. The lowest BCUT2D eigenvalue weighted by molar-refractivity contribution is -0.0575. The molecular weight excluding hydrogens is 612 g/mol. The Labute approximate surface area is 273 Å². The van der Waals surface area contributed by atoms with Gasteiger partial charge in [0.25, 0.3) is 0 Å². The molecule has 1 N–H and O–H groups in total. The number of carbonyl (C=O) groups excluding carboxylic acids is 1. The Morgan fingerprint density at radius 1 is 1.21 bits per heavy atom. The Morgan fingerprint density at radius 2 is 2.13 bits per heavy atom. The summed E-state index contributed by atoms with van der Waals surface area (Å²) in [6.07, 6.45) is 3.61. The van der Waals surface area contributed by atoms with E-state index >= 15 is 4.39 Å². The van der Waals surface area contributed by atoms with Crippen LogP contribution in [0.5, 0.6) is 6.01 Å². The van der Waals surface area contributed by atoms with E-state index in [2.05, 4.69) is 25.1 Å². The molecule has 8 heterocycles. The zero-order chi connectivity index (χ0) is 34.8. The van der Waals surface area contributed by atoms with Gasteiger partial charge in [0.05, 0.1) is 49.0 Å². The summed E-state index contributed by atoms with van der Waals surface area (Å²) in [7, 11) is 0. The van der Waals surface area contributed by atoms with E-state index in [0.29, 0.717) is 42.3 Å². The third kappa shape index (κ3) is 5.31. The number of benzene rings is 1. The standard InChI is InChI=1S/C33H37F2N7O5/c1-19-11-24-22(14-37-40-24)25-21(19)5-3-9-45-31(43)47-32(2)16-41(8-10-44-17-32)29-23-13-36-28(25)26(35)27(23)38-30(39-29)46-18-33-6-4-7-42(33)15-20(34)12-33/h11,13-14,20H,3-10,12,15-18H2,1-2H3,(H,37,40)/t20-,32+,33+/m1/s1/i2D3. The van der Waals surface area contributed by atoms with Gasteiger partial charge in [0.15, 0.2) is 11.4 Å². The first-order chi connectivity index (χ1) is 24.0. The Kier molecular flexibility index (Phi) is 6.58. The summed E-state index contributed by atoms with van der Waals surface area (Å²) in [4.78, 5) is 30.7. The number of rotatable bonds is 3. The van der Waals surface area contributed by atoms with E-state index in [1.165, 1.54) is 6.20 Å². The minimum atomic E-state index is -2.85. The molecule has 0 spiro atoms. The third-order valence-electron chi connectivity index (χ3n) is 9.84. The Balaban J connectivity index is 1.33. The van der Waals surface area contributed by atoms with Crippen molar-refractivity contribution in [2.24, 2.45) is 0 Å². The van der Waals surface area contributed by atoms with E-state index in [1.807, 2.05) is 13.0 Å². The first-order valence-electron chi connectivity index (χ1n) is 17.5. The fraction of sp³-hybridized carbons (Fsp3) is 0.545. The average molecular weight is 653 g/mol. The highest BCUT2D eigenvalue weighted by Crippen LogP contribution is 2.42. The summed E-state index contributed by atoms with van der Waals surface area (Å²) < 4.78 is 80.1. The highest BCUT2D eigenvalue weighted by molar-refractivity contribution is 5.99. The van der Waals surface area contributed by atoms with Crippen LogP contribution in [0.15, 0.2) is 18.5 Å². The summed E-state index contributed by atoms with van der Waals surface area (Å²) in [6, 6.07) is 1.75. The minimum Gasteiger partial charge on any atom is -0.461 e. The van der Waals surface area contributed by atoms with Crippen molar-refractivity contribution < 1.29 is 36.6 Å². The molecule has 0 radical (unpaired) electrons. The van der Waals surface area contributed by atoms with Crippen LogP contribution in [-0.4, -0.2) is 106 Å². The molecule has 9 rings (SSSR count). The van der Waals surface area contributed by atoms with Gasteiger partial charge in [-0.1, -0.05) is 0 Å². The maximum atomic E-state index is 17.2. The fourth-order valence-corrected chi connectivity index (χ4v) is 7.69. The van der Waals surface area contributed by atoms with Gasteiger partial charge in [-0.3, -0.25) is 15.0 Å². The van der Waals surface area contributed by atoms with Crippen LogP contribution in [0, 0.1) is 12.7 Å². The second kappa shape index (κ2) is 11.5. The highest BCUT2D eigenvalue weighted by atomic mass is 19.1. The normalized spacial score (nSPS) is 28.0. The molecular formula is C33H37F2N7O5. The Hall–Kier alpha value is -4.17. The topological polar surface area (TPSA) is 128 Å². The Bertz CT molecular complexity index is 1980. The van der Waals surface area contributed by atoms with Crippen LogP contribution in [-0.2, 0) is 20.6 Å². The van der Waals surface area contributed by atoms with Crippen LogP contribution >= 0.6 is 0 Å². The van der Waals surface area contributed by atoms with Gasteiger partial charge in [0.2, 0.25) is 0 Å². The molecule has 3 atom stereocenters. The number of alkyl halides is 1. The number of halogens is 2. The smallest absolute Gasteiger partial charge is 0.461 e. The molecule has 14 heteroatoms. The number of aromatic amines is 1. The second-order valence-corrected chi connectivity index (χ2v) is 13.0. The van der Waals surface area contributed by atoms with E-state index in [9.17, 15) is 9.18 Å². The van der Waals surface area contributed by atoms with Crippen molar-refractivity contribution in [1.29, 1.82) is 0 Å². The van der Waals surface area contributed by atoms with Crippen molar-refractivity contribution in [2.75, 3.05) is 57.5 Å². The molecule has 0 amide bonds. The quantitative estimate of drug-likeness (QED) is 0.310. The van der Waals surface area contributed by atoms with Crippen molar-refractivity contribution in [3.8, 4) is 17.3 Å². The van der Waals surface area contributed by atoms with Crippen LogP contribution in [0.3, 0.4) is 0 Å². The summed E-state index contributed by atoms with van der Waals surface area (Å²) in [5.41, 5.74) is 0.0945. The predicted molar refractivity (Wildman–Crippen MR) is 168 cm³/mol. The van der Waals surface area contributed by atoms with Crippen LogP contribution in [0.2, 0.25) is 0 Å². The SMILES string of the molecule is [2H]C([2H])([2H])[C@@]12COCCN(C1)c1nc(OC[C@@]34CCCN3C[C@H](F)C4)nc3c(F)c(ncc13)-c1c(c(C)cc3[nH]ncc13)CCCOC(=O)O2. The number of aryl methyl sites for hydroxylation is 1. The zero-order valence-electron chi connectivity index (χ0n) is 29.0. The molecule has 12 nitrogen and oxygen atoms in total. The number of nitrogens with one attached hydrogen (secondary N) is 1. The van der Waals surface area contributed by atoms with Crippen LogP contribution in [0.25, 0.3) is 33.1 Å². The minimum absolute atomic E-state index is 0.0401. The molecule has 5 aliphatic rings. The van der Waals surface area contributed by atoms with Crippen molar-refractivity contribution >= 4 is 33.8 Å². The van der Waals surface area contributed by atoms with E-state index in [0.717, 1.165) is 30.5 Å². The number of fused-ring (bicyclic) bond motifs is 8. The van der Waals surface area contributed by atoms with E-state index < -0.39 is 42.7 Å². The van der Waals surface area contributed by atoms with Gasteiger partial charge in [-0.2, -0.15) is 15.1 Å². The van der Waals surface area contributed by atoms with Gasteiger partial charge in [-0.15, -0.1) is 0 Å². The molecule has 1 aromatic carbocycles. The van der Waals surface area contributed by atoms with Gasteiger partial charge in [-0.25, -0.2) is 13.6 Å². The molecule has 47 heavy (non-hydrogen) atoms. The predicted octanol–water partition coefficient (Wildman–Crippen LogP) is 4.67. The number of H-pyrrole nitrogens is 1. The number of anilines is 1. The number of pyridine rings is 1. The molecule has 3 fully saturated rings. The summed E-state index contributed by atoms with van der Waals surface area (Å²) >= 11 is 0. The van der Waals surface area contributed by atoms with Crippen molar-refractivity contribution in [3.63, 3.8) is 0 Å². The van der Waals surface area contributed by atoms with Gasteiger partial charge >= 0.3 is 12.2 Å². The molecule has 5 aliphatic heterocycles. The summed E-state index contributed by atoms with van der Waals surface area (Å²) in [5, 5.41) is 8.01. The van der Waals surface area contributed by atoms with Crippen molar-refractivity contribution in [1.82, 2.24) is 30.0 Å². The van der Waals surface area contributed by atoms with Crippen molar-refractivity contribution in [2.45, 2.75) is 63.2 Å². The molecule has 248 valence electrons. The molecule has 3 aromatic heterocycles. The van der Waals surface area contributed by atoms with Gasteiger partial charge in [0.1, 0.15) is 29.8 Å². The fourth-order valence-electron chi connectivity index (χ4n) is 7.69. The maximum Gasteiger partial charge on any atom is 0.508 e. The van der Waals surface area contributed by atoms with Crippen molar-refractivity contribution in [3.05, 3.63) is 35.4 Å². The first kappa shape index (κ1) is 26.9. The maximum absolute atomic E-state index is 17.2. The molecule has 0 saturated carbocycles. The van der Waals surface area contributed by atoms with E-state index in [4.69, 9.17) is 28.0 Å². The molecule has 0 aliphatic carbocycles. The van der Waals surface area contributed by atoms with Gasteiger partial charge < -0.3 is 23.8 Å². The van der Waals surface area contributed by atoms with Crippen LogP contribution in [0.1, 0.15) is 47.8 Å². The number of hydrogen-bond acceptors (Lipinski definition) is 11. The number of ether oxygens (including phenoxy) is 4. The average Bonchev–Trinajstić information content (AvgIpc) is 3.71. The number of aromatic nitrogens is 5. The molecule has 0 unspecified atom stereocenters. The third-order valence-corrected chi connectivity index (χ3v) is 9.84. The second-order valence-electron chi connectivity index (χ2n) is 13.0. The molecule has 4 aromatic rings. The highest BCUT2D eigenvalue weighted by Gasteiger charge is 2.49. The van der Waals surface area contributed by atoms with Gasteiger partial charge in [-0.05, 0) is 63.2 Å². The zero-order valence-corrected chi connectivity index (χ0v) is 26.0. The van der Waals surface area contributed by atoms with Crippen LogP contribution in [0.4, 0.5) is 19.4 Å².